The highest BCUT2D eigenvalue weighted by atomic mass is 32.3. The molecule has 0 fully saturated rings. The Morgan fingerprint density at radius 2 is 0.800 bits per heavy atom. The van der Waals surface area contributed by atoms with E-state index in [-0.39, 0.29) is 0 Å². The van der Waals surface area contributed by atoms with Crippen LogP contribution in [0.2, 0.25) is 0 Å². The number of hydrogen-bond donors (Lipinski definition) is 4. The van der Waals surface area contributed by atoms with Crippen LogP contribution in [-0.2, 0) is 45.2 Å². The summed E-state index contributed by atoms with van der Waals surface area (Å²) in [5.41, 5.74) is 0. The molecule has 0 radical (unpaired) electrons. The maximum absolute atomic E-state index is 11.6. The van der Waals surface area contributed by atoms with E-state index in [4.69, 9.17) is 0 Å². The molecular weight excluding hydrogens is 432 g/mol. The molecule has 25 heavy (non-hydrogen) atoms. The van der Waals surface area contributed by atoms with Crippen LogP contribution in [0, 0.1) is 0 Å². The summed E-state index contributed by atoms with van der Waals surface area (Å²) in [4.78, 5) is 0. The van der Waals surface area contributed by atoms with E-state index in [1.54, 1.807) is 0 Å². The first-order chi connectivity index (χ1) is 10.8. The van der Waals surface area contributed by atoms with Crippen molar-refractivity contribution in [3.8, 4) is 0 Å². The van der Waals surface area contributed by atoms with Crippen LogP contribution < -0.4 is 0 Å². The second-order valence-electron chi connectivity index (χ2n) is 4.87. The fourth-order valence-corrected chi connectivity index (χ4v) is 7.12. The third-order valence-corrected chi connectivity index (χ3v) is 9.82. The molecular formula is C8H18O13S4. The van der Waals surface area contributed by atoms with Gasteiger partial charge in [0.25, 0.3) is 0 Å². The van der Waals surface area contributed by atoms with Crippen molar-refractivity contribution in [1.82, 2.24) is 0 Å². The summed E-state index contributed by atoms with van der Waals surface area (Å²) in [5, 5.41) is 0. The van der Waals surface area contributed by atoms with Crippen LogP contribution in [0.3, 0.4) is 0 Å². The van der Waals surface area contributed by atoms with Gasteiger partial charge in [0.15, 0.2) is 0 Å². The van der Waals surface area contributed by atoms with E-state index in [2.05, 4.69) is 4.74 Å². The van der Waals surface area contributed by atoms with Gasteiger partial charge < -0.3 is 4.74 Å². The number of hydrogen-bond acceptors (Lipinski definition) is 9. The zero-order valence-electron chi connectivity index (χ0n) is 12.9. The fraction of sp³-hybridized carbons (Fsp3) is 1.00. The molecule has 0 aliphatic heterocycles. The van der Waals surface area contributed by atoms with E-state index in [0.717, 1.165) is 13.8 Å². The Kier molecular flexibility index (Phi) is 7.20. The van der Waals surface area contributed by atoms with Gasteiger partial charge in [-0.1, -0.05) is 26.7 Å². The van der Waals surface area contributed by atoms with Gasteiger partial charge in [0, 0.05) is 12.8 Å². The number of ether oxygens (including phenoxy) is 1. The summed E-state index contributed by atoms with van der Waals surface area (Å²) in [6, 6.07) is 0. The van der Waals surface area contributed by atoms with Gasteiger partial charge in [0.1, 0.15) is 0 Å². The van der Waals surface area contributed by atoms with Crippen molar-refractivity contribution >= 4 is 40.5 Å². The summed E-state index contributed by atoms with van der Waals surface area (Å²) in [7, 11) is -24.1. The summed E-state index contributed by atoms with van der Waals surface area (Å²) < 4.78 is 125. The Morgan fingerprint density at radius 3 is 0.920 bits per heavy atom. The minimum atomic E-state index is -6.03. The molecule has 0 aromatic carbocycles. The van der Waals surface area contributed by atoms with Crippen molar-refractivity contribution in [2.24, 2.45) is 0 Å². The number of rotatable bonds is 10. The maximum atomic E-state index is 11.6. The lowest BCUT2D eigenvalue weighted by molar-refractivity contribution is -0.00392. The topological polar surface area (TPSA) is 227 Å². The first kappa shape index (κ1) is 24.6. The minimum absolute atomic E-state index is 0.487. The molecule has 0 aromatic rings. The van der Waals surface area contributed by atoms with Crippen LogP contribution in [0.15, 0.2) is 0 Å². The van der Waals surface area contributed by atoms with Gasteiger partial charge in [-0.2, -0.15) is 33.7 Å². The average molecular weight is 450 g/mol. The third kappa shape index (κ3) is 4.48. The predicted octanol–water partition coefficient (Wildman–Crippen LogP) is -0.538. The van der Waals surface area contributed by atoms with Crippen molar-refractivity contribution in [3.05, 3.63) is 0 Å². The molecule has 0 saturated heterocycles. The van der Waals surface area contributed by atoms with Crippen LogP contribution >= 0.6 is 0 Å². The minimum Gasteiger partial charge on any atom is -0.302 e. The zero-order valence-corrected chi connectivity index (χ0v) is 16.2. The summed E-state index contributed by atoms with van der Waals surface area (Å²) in [6.45, 7) is 2.24. The van der Waals surface area contributed by atoms with Gasteiger partial charge in [0.05, 0.1) is 0 Å². The van der Waals surface area contributed by atoms with Crippen molar-refractivity contribution in [3.63, 3.8) is 0 Å². The molecule has 0 aliphatic rings. The third-order valence-electron chi connectivity index (χ3n) is 3.00. The molecule has 0 heterocycles. The second-order valence-corrected chi connectivity index (χ2v) is 11.8. The average Bonchev–Trinajstić information content (AvgIpc) is 2.31. The van der Waals surface area contributed by atoms with Crippen molar-refractivity contribution < 1.29 is 56.6 Å². The molecule has 0 amide bonds. The Bertz CT molecular complexity index is 753. The van der Waals surface area contributed by atoms with Gasteiger partial charge in [0.2, 0.25) is 0 Å². The Morgan fingerprint density at radius 1 is 0.600 bits per heavy atom. The summed E-state index contributed by atoms with van der Waals surface area (Å²) in [6.07, 6.45) is -3.64. The summed E-state index contributed by atoms with van der Waals surface area (Å²) >= 11 is 0. The predicted molar refractivity (Wildman–Crippen MR) is 82.6 cm³/mol. The molecule has 152 valence electrons. The Hall–Kier alpha value is -0.400. The monoisotopic (exact) mass is 450 g/mol. The zero-order chi connectivity index (χ0) is 20.5. The molecule has 17 heteroatoms. The standard InChI is InChI=1S/C8H18O13S4/c1-3-5-7(22(9,10)11,23(12,13)14)21-8(6-4-2,24(15,16)17)25(18,19)20/h3-6H2,1-2H3,(H,9,10,11)(H,12,13,14)(H,15,16,17)(H,18,19,20). The van der Waals surface area contributed by atoms with Crippen molar-refractivity contribution in [2.75, 3.05) is 0 Å². The van der Waals surface area contributed by atoms with Crippen LogP contribution in [-0.4, -0.2) is 60.4 Å². The van der Waals surface area contributed by atoms with Gasteiger partial charge in [-0.15, -0.1) is 0 Å². The first-order valence-electron chi connectivity index (χ1n) is 6.41. The fourth-order valence-electron chi connectivity index (χ4n) is 1.94. The van der Waals surface area contributed by atoms with Gasteiger partial charge in [-0.3, -0.25) is 18.2 Å². The van der Waals surface area contributed by atoms with E-state index < -0.39 is 74.7 Å². The molecule has 0 spiro atoms. The molecule has 4 N–H and O–H groups in total. The molecule has 0 unspecified atom stereocenters. The molecule has 0 aromatic heterocycles. The smallest absolute Gasteiger partial charge is 0.302 e. The largest absolute Gasteiger partial charge is 0.323 e. The highest BCUT2D eigenvalue weighted by molar-refractivity contribution is 8.06. The van der Waals surface area contributed by atoms with Crippen molar-refractivity contribution in [2.45, 2.75) is 48.1 Å². The lowest BCUT2D eigenvalue weighted by Gasteiger charge is -2.35. The van der Waals surface area contributed by atoms with Crippen LogP contribution in [0.4, 0.5) is 0 Å². The molecule has 13 nitrogen and oxygen atoms in total. The van der Waals surface area contributed by atoms with E-state index in [1.807, 2.05) is 0 Å². The van der Waals surface area contributed by atoms with E-state index in [1.165, 1.54) is 0 Å². The van der Waals surface area contributed by atoms with Crippen molar-refractivity contribution in [1.29, 1.82) is 0 Å². The molecule has 0 saturated carbocycles. The quantitative estimate of drug-likeness (QED) is 0.307. The van der Waals surface area contributed by atoms with Gasteiger partial charge in [-0.05, 0) is 0 Å². The second kappa shape index (κ2) is 7.31. The molecule has 0 aliphatic carbocycles. The Balaban J connectivity index is 7.21. The van der Waals surface area contributed by atoms with Crippen LogP contribution in [0.1, 0.15) is 39.5 Å². The lowest BCUT2D eigenvalue weighted by Crippen LogP contribution is -2.59. The van der Waals surface area contributed by atoms with E-state index >= 15 is 0 Å². The highest BCUT2D eigenvalue weighted by Crippen LogP contribution is 2.41. The highest BCUT2D eigenvalue weighted by Gasteiger charge is 2.67. The maximum Gasteiger partial charge on any atom is 0.323 e. The first-order valence-corrected chi connectivity index (χ1v) is 12.2. The lowest BCUT2D eigenvalue weighted by atomic mass is 10.3. The summed E-state index contributed by atoms with van der Waals surface area (Å²) in [5.74, 6) is 0. The molecule has 0 bridgehead atoms. The SMILES string of the molecule is CCCC(OC(CCC)(S(=O)(=O)O)S(=O)(=O)O)(S(=O)(=O)O)S(=O)(=O)O. The van der Waals surface area contributed by atoms with E-state index in [0.29, 0.717) is 0 Å². The normalized spacial score (nSPS) is 15.3. The molecule has 0 rings (SSSR count). The Labute approximate surface area is 145 Å². The van der Waals surface area contributed by atoms with Gasteiger partial charge >= 0.3 is 49.0 Å². The van der Waals surface area contributed by atoms with Crippen LogP contribution in [0.25, 0.3) is 0 Å². The van der Waals surface area contributed by atoms with Gasteiger partial charge in [-0.25, -0.2) is 0 Å². The van der Waals surface area contributed by atoms with Crippen LogP contribution in [0.5, 0.6) is 0 Å². The molecule has 0 atom stereocenters. The van der Waals surface area contributed by atoms with E-state index in [9.17, 15) is 51.9 Å².